The van der Waals surface area contributed by atoms with E-state index < -0.39 is 16.9 Å². The van der Waals surface area contributed by atoms with Crippen LogP contribution in [0.4, 0.5) is 5.69 Å². The molecule has 1 atom stereocenters. The van der Waals surface area contributed by atoms with Gasteiger partial charge in [0.2, 0.25) is 0 Å². The summed E-state index contributed by atoms with van der Waals surface area (Å²) in [6.45, 7) is 6.82. The molecular weight excluding hydrogens is 446 g/mol. The molecule has 33 heavy (non-hydrogen) atoms. The number of halogens is 1. The number of nitro groups is 1. The summed E-state index contributed by atoms with van der Waals surface area (Å²) < 4.78 is 7.11. The molecule has 2 aromatic carbocycles. The summed E-state index contributed by atoms with van der Waals surface area (Å²) >= 11 is 6.14. The number of carbonyl (C=O) groups excluding carboxylic acids is 1. The summed E-state index contributed by atoms with van der Waals surface area (Å²) in [5.41, 5.74) is 5.27. The first kappa shape index (κ1) is 23.9. The average molecular weight is 470 g/mol. The van der Waals surface area contributed by atoms with Crippen LogP contribution in [0, 0.1) is 24.0 Å². The second kappa shape index (κ2) is 10.3. The molecule has 0 saturated carbocycles. The van der Waals surface area contributed by atoms with E-state index in [4.69, 9.17) is 16.3 Å². The number of rotatable bonds is 8. The molecule has 1 heterocycles. The van der Waals surface area contributed by atoms with Gasteiger partial charge >= 0.3 is 5.69 Å². The summed E-state index contributed by atoms with van der Waals surface area (Å²) in [5, 5.41) is 20.1. The lowest BCUT2D eigenvalue weighted by Gasteiger charge is -2.12. The van der Waals surface area contributed by atoms with E-state index in [9.17, 15) is 14.9 Å². The zero-order valence-corrected chi connectivity index (χ0v) is 19.5. The van der Waals surface area contributed by atoms with Crippen LogP contribution in [0.15, 0.2) is 53.6 Å². The van der Waals surface area contributed by atoms with Gasteiger partial charge in [-0.2, -0.15) is 10.2 Å². The molecule has 3 aromatic rings. The first-order valence-electron chi connectivity index (χ1n) is 10.2. The van der Waals surface area contributed by atoms with E-state index in [0.29, 0.717) is 28.8 Å². The molecule has 1 aromatic heterocycles. The Morgan fingerprint density at radius 1 is 1.24 bits per heavy atom. The molecule has 0 fully saturated rings. The third-order valence-electron chi connectivity index (χ3n) is 5.17. The summed E-state index contributed by atoms with van der Waals surface area (Å²) in [4.78, 5) is 23.2. The highest BCUT2D eigenvalue weighted by Crippen LogP contribution is 2.24. The fraction of sp³-hybridized carbons (Fsp3) is 0.261. The number of benzene rings is 2. The van der Waals surface area contributed by atoms with Crippen LogP contribution in [0.3, 0.4) is 0 Å². The number of aromatic nitrogens is 2. The summed E-state index contributed by atoms with van der Waals surface area (Å²) in [7, 11) is 0. The standard InChI is InChI=1S/C23H24ClN5O4/c1-14(18-9-11-20(12-10-18)33-13-19-7-5-6-8-21(19)24)25-26-23(30)17(4)28-16(3)22(29(31)32)15(2)27-28/h5-12,17H,13H2,1-4H3,(H,26,30). The highest BCUT2D eigenvalue weighted by atomic mass is 35.5. The van der Waals surface area contributed by atoms with E-state index in [0.717, 1.165) is 11.1 Å². The zero-order valence-electron chi connectivity index (χ0n) is 18.7. The predicted molar refractivity (Wildman–Crippen MR) is 126 cm³/mol. The Bertz CT molecular complexity index is 1200. The summed E-state index contributed by atoms with van der Waals surface area (Å²) in [5.74, 6) is 0.241. The average Bonchev–Trinajstić information content (AvgIpc) is 3.10. The summed E-state index contributed by atoms with van der Waals surface area (Å²) in [6.07, 6.45) is 0. The molecule has 3 rings (SSSR count). The first-order chi connectivity index (χ1) is 15.7. The van der Waals surface area contributed by atoms with Gasteiger partial charge in [-0.1, -0.05) is 29.8 Å². The molecule has 1 unspecified atom stereocenters. The van der Waals surface area contributed by atoms with Crippen molar-refractivity contribution in [3.63, 3.8) is 0 Å². The summed E-state index contributed by atoms with van der Waals surface area (Å²) in [6, 6.07) is 14.0. The van der Waals surface area contributed by atoms with Crippen molar-refractivity contribution in [3.8, 4) is 5.75 Å². The van der Waals surface area contributed by atoms with Gasteiger partial charge in [-0.3, -0.25) is 19.6 Å². The third kappa shape index (κ3) is 5.56. The smallest absolute Gasteiger partial charge is 0.312 e. The number of aryl methyl sites for hydroxylation is 1. The molecule has 9 nitrogen and oxygen atoms in total. The van der Waals surface area contributed by atoms with Gasteiger partial charge in [-0.05, 0) is 63.6 Å². The number of nitrogens with zero attached hydrogens (tertiary/aromatic N) is 4. The molecule has 0 spiro atoms. The molecule has 0 aliphatic rings. The lowest BCUT2D eigenvalue weighted by Crippen LogP contribution is -2.29. The highest BCUT2D eigenvalue weighted by molar-refractivity contribution is 6.31. The predicted octanol–water partition coefficient (Wildman–Crippen LogP) is 4.74. The van der Waals surface area contributed by atoms with Crippen LogP contribution in [-0.2, 0) is 11.4 Å². The number of nitrogens with one attached hydrogen (secondary N) is 1. The van der Waals surface area contributed by atoms with E-state index in [-0.39, 0.29) is 11.4 Å². The lowest BCUT2D eigenvalue weighted by atomic mass is 10.1. The Labute approximate surface area is 196 Å². The van der Waals surface area contributed by atoms with E-state index in [1.54, 1.807) is 20.8 Å². The van der Waals surface area contributed by atoms with Crippen molar-refractivity contribution >= 4 is 28.9 Å². The van der Waals surface area contributed by atoms with E-state index >= 15 is 0 Å². The van der Waals surface area contributed by atoms with Gasteiger partial charge in [0.1, 0.15) is 29.8 Å². The van der Waals surface area contributed by atoms with Crippen LogP contribution in [0.2, 0.25) is 5.02 Å². The van der Waals surface area contributed by atoms with Crippen molar-refractivity contribution in [2.75, 3.05) is 0 Å². The Balaban J connectivity index is 1.62. The van der Waals surface area contributed by atoms with Crippen molar-refractivity contribution in [2.24, 2.45) is 5.10 Å². The van der Waals surface area contributed by atoms with Gasteiger partial charge in [0, 0.05) is 10.6 Å². The van der Waals surface area contributed by atoms with E-state index in [1.165, 1.54) is 11.6 Å². The first-order valence-corrected chi connectivity index (χ1v) is 10.6. The van der Waals surface area contributed by atoms with Crippen molar-refractivity contribution in [1.29, 1.82) is 0 Å². The van der Waals surface area contributed by atoms with E-state index in [2.05, 4.69) is 15.6 Å². The molecule has 0 aliphatic heterocycles. The van der Waals surface area contributed by atoms with Crippen LogP contribution >= 0.6 is 11.6 Å². The number of hydrogen-bond acceptors (Lipinski definition) is 6. The SMILES string of the molecule is CC(=NNC(=O)C(C)n1nc(C)c([N+](=O)[O-])c1C)c1ccc(OCc2ccccc2Cl)cc1. The second-order valence-corrected chi connectivity index (χ2v) is 7.88. The minimum atomic E-state index is -0.769. The van der Waals surface area contributed by atoms with Crippen molar-refractivity contribution in [1.82, 2.24) is 15.2 Å². The molecule has 0 radical (unpaired) electrons. The number of hydrazone groups is 1. The highest BCUT2D eigenvalue weighted by Gasteiger charge is 2.27. The van der Waals surface area contributed by atoms with Crippen molar-refractivity contribution in [2.45, 2.75) is 40.3 Å². The molecule has 172 valence electrons. The molecule has 0 bridgehead atoms. The quantitative estimate of drug-likeness (QED) is 0.291. The van der Waals surface area contributed by atoms with Crippen molar-refractivity contribution in [3.05, 3.63) is 86.2 Å². The Kier molecular flexibility index (Phi) is 7.44. The number of hydrogen-bond donors (Lipinski definition) is 1. The molecule has 0 saturated heterocycles. The number of amides is 1. The van der Waals surface area contributed by atoms with Gasteiger partial charge in [0.25, 0.3) is 5.91 Å². The van der Waals surface area contributed by atoms with Gasteiger partial charge < -0.3 is 4.74 Å². The molecule has 10 heteroatoms. The molecular formula is C23H24ClN5O4. The van der Waals surface area contributed by atoms with Crippen LogP contribution in [0.25, 0.3) is 0 Å². The minimum absolute atomic E-state index is 0.0915. The molecule has 0 aliphatic carbocycles. The Morgan fingerprint density at radius 3 is 2.52 bits per heavy atom. The molecule has 1 N–H and O–H groups in total. The lowest BCUT2D eigenvalue weighted by molar-refractivity contribution is -0.386. The van der Waals surface area contributed by atoms with Gasteiger partial charge in [0.05, 0.1) is 10.6 Å². The molecule has 1 amide bonds. The second-order valence-electron chi connectivity index (χ2n) is 7.47. The Morgan fingerprint density at radius 2 is 1.91 bits per heavy atom. The van der Waals surface area contributed by atoms with Gasteiger partial charge in [-0.15, -0.1) is 0 Å². The Hall–Kier alpha value is -3.72. The normalized spacial score (nSPS) is 12.3. The van der Waals surface area contributed by atoms with Crippen molar-refractivity contribution < 1.29 is 14.5 Å². The van der Waals surface area contributed by atoms with Gasteiger partial charge in [0.15, 0.2) is 0 Å². The van der Waals surface area contributed by atoms with Crippen LogP contribution in [-0.4, -0.2) is 26.3 Å². The zero-order chi connectivity index (χ0) is 24.1. The maximum absolute atomic E-state index is 12.5. The van der Waals surface area contributed by atoms with Crippen LogP contribution in [0.1, 0.15) is 42.4 Å². The van der Waals surface area contributed by atoms with Crippen LogP contribution < -0.4 is 10.2 Å². The topological polar surface area (TPSA) is 112 Å². The third-order valence-corrected chi connectivity index (χ3v) is 5.54. The minimum Gasteiger partial charge on any atom is -0.489 e. The van der Waals surface area contributed by atoms with Gasteiger partial charge in [-0.25, -0.2) is 5.43 Å². The number of carbonyl (C=O) groups is 1. The largest absolute Gasteiger partial charge is 0.489 e. The monoisotopic (exact) mass is 469 g/mol. The maximum Gasteiger partial charge on any atom is 0.312 e. The fourth-order valence-corrected chi connectivity index (χ4v) is 3.46. The number of ether oxygens (including phenoxy) is 1. The van der Waals surface area contributed by atoms with E-state index in [1.807, 2.05) is 48.5 Å². The fourth-order valence-electron chi connectivity index (χ4n) is 3.27. The maximum atomic E-state index is 12.5. The van der Waals surface area contributed by atoms with Crippen LogP contribution in [0.5, 0.6) is 5.75 Å².